The first-order valence-corrected chi connectivity index (χ1v) is 7.33. The lowest BCUT2D eigenvalue weighted by molar-refractivity contribution is -0.127. The second-order valence-electron chi connectivity index (χ2n) is 5.96. The Balaban J connectivity index is 1.91. The lowest BCUT2D eigenvalue weighted by Gasteiger charge is -2.43. The number of ether oxygens (including phenoxy) is 1. The van der Waals surface area contributed by atoms with E-state index in [1.165, 1.54) is 6.34 Å². The summed E-state index contributed by atoms with van der Waals surface area (Å²) in [6, 6.07) is 17.6. The molecule has 2 aromatic carbocycles. The van der Waals surface area contributed by atoms with Crippen LogP contribution in [0.2, 0.25) is 0 Å². The number of nitrogens with one attached hydrogen (secondary N) is 1. The minimum absolute atomic E-state index is 0.0922. The zero-order valence-electron chi connectivity index (χ0n) is 12.2. The minimum atomic E-state index is -0.903. The summed E-state index contributed by atoms with van der Waals surface area (Å²) in [6.45, 7) is 2.02. The largest absolute Gasteiger partial charge is 0.482 e. The summed E-state index contributed by atoms with van der Waals surface area (Å²) in [6.07, 6.45) is 1.97. The molecule has 4 nitrogen and oxygen atoms in total. The molecule has 0 aromatic heterocycles. The van der Waals surface area contributed by atoms with Gasteiger partial charge in [0.25, 0.3) is 5.91 Å². The van der Waals surface area contributed by atoms with E-state index < -0.39 is 11.1 Å². The zero-order valence-corrected chi connectivity index (χ0v) is 12.2. The van der Waals surface area contributed by atoms with Crippen molar-refractivity contribution in [2.45, 2.75) is 24.5 Å². The topological polar surface area (TPSA) is 50.7 Å². The van der Waals surface area contributed by atoms with Crippen LogP contribution in [0, 0.1) is 0 Å². The molecule has 0 aliphatic carbocycles. The van der Waals surface area contributed by atoms with Gasteiger partial charge in [-0.15, -0.1) is 0 Å². The zero-order chi connectivity index (χ0) is 15.2. The van der Waals surface area contributed by atoms with Gasteiger partial charge in [0.05, 0.1) is 6.34 Å². The van der Waals surface area contributed by atoms with Gasteiger partial charge < -0.3 is 10.1 Å². The molecule has 2 heterocycles. The maximum absolute atomic E-state index is 12.5. The van der Waals surface area contributed by atoms with Gasteiger partial charge in [0.1, 0.15) is 11.4 Å². The van der Waals surface area contributed by atoms with Crippen molar-refractivity contribution in [3.8, 4) is 5.75 Å². The molecule has 0 radical (unpaired) electrons. The lowest BCUT2D eigenvalue weighted by Crippen LogP contribution is -2.48. The number of hydrogen-bond acceptors (Lipinski definition) is 3. The molecule has 0 saturated heterocycles. The van der Waals surface area contributed by atoms with Gasteiger partial charge in [0.2, 0.25) is 0 Å². The number of rotatable bonds is 1. The molecule has 22 heavy (non-hydrogen) atoms. The van der Waals surface area contributed by atoms with E-state index in [4.69, 9.17) is 4.74 Å². The summed E-state index contributed by atoms with van der Waals surface area (Å²) in [5.74, 6) is 0.625. The number of fused-ring (bicyclic) bond motifs is 2. The van der Waals surface area contributed by atoms with Gasteiger partial charge in [-0.3, -0.25) is 9.79 Å². The van der Waals surface area contributed by atoms with Crippen molar-refractivity contribution in [1.29, 1.82) is 0 Å². The van der Waals surface area contributed by atoms with E-state index in [1.807, 2.05) is 61.5 Å². The van der Waals surface area contributed by atoms with Crippen LogP contribution in [-0.4, -0.2) is 12.2 Å². The number of benzene rings is 2. The van der Waals surface area contributed by atoms with E-state index >= 15 is 0 Å². The van der Waals surface area contributed by atoms with Gasteiger partial charge in [0.15, 0.2) is 5.54 Å². The summed E-state index contributed by atoms with van der Waals surface area (Å²) in [5.41, 5.74) is 0.363. The maximum Gasteiger partial charge on any atom is 0.257 e. The lowest BCUT2D eigenvalue weighted by atomic mass is 9.74. The van der Waals surface area contributed by atoms with Crippen LogP contribution >= 0.6 is 0 Å². The third-order valence-electron chi connectivity index (χ3n) is 4.50. The molecular formula is C18H16N2O2. The fraction of sp³-hybridized carbons (Fsp3) is 0.222. The Kier molecular flexibility index (Phi) is 2.64. The van der Waals surface area contributed by atoms with Crippen LogP contribution in [0.3, 0.4) is 0 Å². The van der Waals surface area contributed by atoms with Crippen LogP contribution < -0.4 is 10.1 Å². The molecule has 2 aliphatic heterocycles. The molecule has 2 unspecified atom stereocenters. The second-order valence-corrected chi connectivity index (χ2v) is 5.96. The third kappa shape index (κ3) is 1.70. The van der Waals surface area contributed by atoms with E-state index in [9.17, 15) is 4.79 Å². The van der Waals surface area contributed by atoms with Crippen molar-refractivity contribution in [3.63, 3.8) is 0 Å². The Morgan fingerprint density at radius 3 is 2.55 bits per heavy atom. The monoisotopic (exact) mass is 292 g/mol. The first kappa shape index (κ1) is 13.1. The highest BCUT2D eigenvalue weighted by Gasteiger charge is 2.54. The number of nitrogens with zero attached hydrogens (tertiary/aromatic N) is 1. The van der Waals surface area contributed by atoms with E-state index in [2.05, 4.69) is 10.3 Å². The van der Waals surface area contributed by atoms with Crippen LogP contribution in [0.25, 0.3) is 0 Å². The SMILES string of the molecule is CC1(c2ccccc2)CC2(N=CNC2=O)c2ccccc2O1. The average Bonchev–Trinajstić information content (AvgIpc) is 2.89. The van der Waals surface area contributed by atoms with Crippen LogP contribution in [0.1, 0.15) is 24.5 Å². The van der Waals surface area contributed by atoms with Gasteiger partial charge in [-0.2, -0.15) is 0 Å². The van der Waals surface area contributed by atoms with Crippen molar-refractivity contribution < 1.29 is 9.53 Å². The highest BCUT2D eigenvalue weighted by Crippen LogP contribution is 2.50. The fourth-order valence-corrected chi connectivity index (χ4v) is 3.41. The molecule has 4 heteroatoms. The van der Waals surface area contributed by atoms with Gasteiger partial charge in [-0.25, -0.2) is 0 Å². The van der Waals surface area contributed by atoms with E-state index in [0.717, 1.165) is 11.1 Å². The Bertz CT molecular complexity index is 772. The van der Waals surface area contributed by atoms with Gasteiger partial charge >= 0.3 is 0 Å². The Labute approximate surface area is 128 Å². The number of hydrogen-bond donors (Lipinski definition) is 1. The minimum Gasteiger partial charge on any atom is -0.482 e. The number of amides is 1. The molecule has 2 atom stereocenters. The first-order valence-electron chi connectivity index (χ1n) is 7.33. The number of aliphatic imine (C=N–C) groups is 1. The summed E-state index contributed by atoms with van der Waals surface area (Å²) in [5, 5.41) is 2.72. The maximum atomic E-state index is 12.5. The second kappa shape index (κ2) is 4.44. The fourth-order valence-electron chi connectivity index (χ4n) is 3.41. The average molecular weight is 292 g/mol. The van der Waals surface area contributed by atoms with Crippen LogP contribution in [0.15, 0.2) is 59.6 Å². The Morgan fingerprint density at radius 2 is 1.82 bits per heavy atom. The van der Waals surface area contributed by atoms with E-state index in [-0.39, 0.29) is 5.91 Å². The third-order valence-corrected chi connectivity index (χ3v) is 4.50. The molecule has 110 valence electrons. The van der Waals surface area contributed by atoms with Gasteiger partial charge in [-0.1, -0.05) is 48.5 Å². The summed E-state index contributed by atoms with van der Waals surface area (Å²) in [4.78, 5) is 17.0. The molecule has 1 spiro atoms. The highest BCUT2D eigenvalue weighted by molar-refractivity contribution is 6.01. The van der Waals surface area contributed by atoms with Gasteiger partial charge in [0, 0.05) is 12.0 Å². The molecule has 1 N–H and O–H groups in total. The van der Waals surface area contributed by atoms with Gasteiger partial charge in [-0.05, 0) is 18.6 Å². The quantitative estimate of drug-likeness (QED) is 0.878. The van der Waals surface area contributed by atoms with Crippen LogP contribution in [-0.2, 0) is 15.9 Å². The molecule has 0 fully saturated rings. The predicted molar refractivity (Wildman–Crippen MR) is 83.8 cm³/mol. The predicted octanol–water partition coefficient (Wildman–Crippen LogP) is 2.74. The van der Waals surface area contributed by atoms with Crippen molar-refractivity contribution >= 4 is 12.2 Å². The molecule has 0 bridgehead atoms. The van der Waals surface area contributed by atoms with E-state index in [0.29, 0.717) is 12.2 Å². The smallest absolute Gasteiger partial charge is 0.257 e. The standard InChI is InChI=1S/C18H16N2O2/c1-17(13-7-3-2-4-8-13)11-18(16(21)19-12-20-18)14-9-5-6-10-15(14)22-17/h2-10,12H,11H2,1H3,(H,19,20,21). The molecule has 0 saturated carbocycles. The number of carbonyl (C=O) groups excluding carboxylic acids is 1. The summed E-state index contributed by atoms with van der Waals surface area (Å²) in [7, 11) is 0. The van der Waals surface area contributed by atoms with Crippen molar-refractivity contribution in [3.05, 3.63) is 65.7 Å². The summed E-state index contributed by atoms with van der Waals surface area (Å²) < 4.78 is 6.29. The Morgan fingerprint density at radius 1 is 1.09 bits per heavy atom. The Hall–Kier alpha value is -2.62. The van der Waals surface area contributed by atoms with Crippen LogP contribution in [0.4, 0.5) is 0 Å². The summed E-state index contributed by atoms with van der Waals surface area (Å²) >= 11 is 0. The number of carbonyl (C=O) groups is 1. The van der Waals surface area contributed by atoms with Crippen LogP contribution in [0.5, 0.6) is 5.75 Å². The van der Waals surface area contributed by atoms with Crippen molar-refractivity contribution in [1.82, 2.24) is 5.32 Å². The first-order chi connectivity index (χ1) is 10.6. The van der Waals surface area contributed by atoms with Crippen molar-refractivity contribution in [2.75, 3.05) is 0 Å². The molecular weight excluding hydrogens is 276 g/mol. The van der Waals surface area contributed by atoms with E-state index in [1.54, 1.807) is 0 Å². The highest BCUT2D eigenvalue weighted by atomic mass is 16.5. The number of para-hydroxylation sites is 1. The molecule has 1 amide bonds. The normalized spacial score (nSPS) is 29.0. The molecule has 2 aromatic rings. The van der Waals surface area contributed by atoms with Crippen molar-refractivity contribution in [2.24, 2.45) is 4.99 Å². The molecule has 4 rings (SSSR count). The molecule has 2 aliphatic rings.